The van der Waals surface area contributed by atoms with Crippen LogP contribution < -0.4 is 10.2 Å². The van der Waals surface area contributed by atoms with Gasteiger partial charge in [-0.15, -0.1) is 5.10 Å². The summed E-state index contributed by atoms with van der Waals surface area (Å²) in [6.45, 7) is 7.53. The molecule has 2 aliphatic rings. The first-order valence-corrected chi connectivity index (χ1v) is 12.2. The number of likely N-dealkylation sites (N-methyl/N-ethyl adjacent to an activating group) is 1. The Morgan fingerprint density at radius 1 is 1.10 bits per heavy atom. The van der Waals surface area contributed by atoms with E-state index in [9.17, 15) is 0 Å². The molecule has 0 spiro atoms. The number of nitrogens with one attached hydrogen (secondary N) is 1. The van der Waals surface area contributed by atoms with Crippen molar-refractivity contribution in [2.24, 2.45) is 0 Å². The second-order valence-electron chi connectivity index (χ2n) is 8.48. The lowest BCUT2D eigenvalue weighted by Crippen LogP contribution is -2.46. The molecule has 0 unspecified atom stereocenters. The minimum Gasteiger partial charge on any atom is -0.365 e. The van der Waals surface area contributed by atoms with E-state index >= 15 is 0 Å². The molecule has 0 amide bonds. The highest BCUT2D eigenvalue weighted by Crippen LogP contribution is 2.35. The van der Waals surface area contributed by atoms with E-state index in [-0.39, 0.29) is 0 Å². The molecular formula is C23H29N7S. The van der Waals surface area contributed by atoms with E-state index in [2.05, 4.69) is 28.1 Å². The van der Waals surface area contributed by atoms with Crippen LogP contribution in [0.3, 0.4) is 0 Å². The molecular weight excluding hydrogens is 406 g/mol. The minimum atomic E-state index is 0.462. The summed E-state index contributed by atoms with van der Waals surface area (Å²) in [6.07, 6.45) is 6.25. The van der Waals surface area contributed by atoms with E-state index in [1.165, 1.54) is 32.1 Å². The molecule has 0 radical (unpaired) electrons. The summed E-state index contributed by atoms with van der Waals surface area (Å²) in [5.41, 5.74) is 2.61. The van der Waals surface area contributed by atoms with Gasteiger partial charge in [-0.25, -0.2) is 4.98 Å². The van der Waals surface area contributed by atoms with Gasteiger partial charge in [0.25, 0.3) is 0 Å². The maximum atomic E-state index is 9.14. The molecule has 3 aromatic rings. The molecule has 7 nitrogen and oxygen atoms in total. The summed E-state index contributed by atoms with van der Waals surface area (Å²) in [7, 11) is 0. The fraction of sp³-hybridized carbons (Fsp3) is 0.522. The van der Waals surface area contributed by atoms with Crippen molar-refractivity contribution in [3.8, 4) is 17.3 Å². The Bertz CT molecular complexity index is 1060. The first-order chi connectivity index (χ1) is 15.2. The number of piperazine rings is 1. The second kappa shape index (κ2) is 8.85. The average Bonchev–Trinajstić information content (AvgIpc) is 3.39. The highest BCUT2D eigenvalue weighted by molar-refractivity contribution is 7.20. The standard InChI is InChI=1S/C23H29N7S/c1-2-28-12-14-29(15-13-28)23-27-30-21(25-19-6-4-3-5-7-19)20(26-22(30)31-23)18-10-8-17(16-24)9-11-18/h8-11,19,25H,2-7,12-15H2,1H3. The molecule has 1 aromatic carbocycles. The lowest BCUT2D eigenvalue weighted by molar-refractivity contribution is 0.271. The van der Waals surface area contributed by atoms with Crippen molar-refractivity contribution in [1.29, 1.82) is 5.26 Å². The third-order valence-corrected chi connectivity index (χ3v) is 7.49. The number of hydrogen-bond acceptors (Lipinski definition) is 7. The number of imidazole rings is 1. The summed E-state index contributed by atoms with van der Waals surface area (Å²) in [6, 6.07) is 10.4. The maximum absolute atomic E-state index is 9.14. The van der Waals surface area contributed by atoms with Crippen LogP contribution in [0.4, 0.5) is 10.9 Å². The van der Waals surface area contributed by atoms with Crippen LogP contribution >= 0.6 is 11.3 Å². The molecule has 162 valence electrons. The Morgan fingerprint density at radius 2 is 1.84 bits per heavy atom. The smallest absolute Gasteiger partial charge is 0.216 e. The highest BCUT2D eigenvalue weighted by Gasteiger charge is 2.25. The van der Waals surface area contributed by atoms with Gasteiger partial charge in [0.1, 0.15) is 5.69 Å². The van der Waals surface area contributed by atoms with Crippen molar-refractivity contribution in [3.63, 3.8) is 0 Å². The van der Waals surface area contributed by atoms with Gasteiger partial charge in [-0.3, -0.25) is 0 Å². The predicted molar refractivity (Wildman–Crippen MR) is 126 cm³/mol. The number of hydrogen-bond donors (Lipinski definition) is 1. The van der Waals surface area contributed by atoms with E-state index in [0.29, 0.717) is 11.6 Å². The average molecular weight is 436 g/mol. The SMILES string of the molecule is CCN1CCN(c2nn3c(NC4CCCCC4)c(-c4ccc(C#N)cc4)nc3s2)CC1. The third-order valence-electron chi connectivity index (χ3n) is 6.52. The van der Waals surface area contributed by atoms with Crippen LogP contribution in [0.25, 0.3) is 16.2 Å². The zero-order chi connectivity index (χ0) is 21.2. The van der Waals surface area contributed by atoms with E-state index in [1.807, 2.05) is 28.8 Å². The molecule has 31 heavy (non-hydrogen) atoms. The molecule has 1 N–H and O–H groups in total. The highest BCUT2D eigenvalue weighted by atomic mass is 32.1. The number of nitriles is 1. The van der Waals surface area contributed by atoms with Crippen molar-refractivity contribution in [3.05, 3.63) is 29.8 Å². The summed E-state index contributed by atoms with van der Waals surface area (Å²) in [5, 5.41) is 19.0. The zero-order valence-electron chi connectivity index (χ0n) is 18.0. The number of nitrogens with zero attached hydrogens (tertiary/aromatic N) is 6. The molecule has 0 atom stereocenters. The molecule has 5 rings (SSSR count). The predicted octanol–water partition coefficient (Wildman–Crippen LogP) is 4.22. The fourth-order valence-electron chi connectivity index (χ4n) is 4.60. The number of benzene rings is 1. The van der Waals surface area contributed by atoms with Gasteiger partial charge in [0, 0.05) is 37.8 Å². The van der Waals surface area contributed by atoms with E-state index in [4.69, 9.17) is 15.3 Å². The van der Waals surface area contributed by atoms with Gasteiger partial charge < -0.3 is 15.1 Å². The van der Waals surface area contributed by atoms with Crippen molar-refractivity contribution in [2.75, 3.05) is 42.9 Å². The molecule has 2 aromatic heterocycles. The summed E-state index contributed by atoms with van der Waals surface area (Å²) in [5.74, 6) is 0.987. The van der Waals surface area contributed by atoms with Gasteiger partial charge in [0.15, 0.2) is 5.82 Å². The number of rotatable bonds is 5. The van der Waals surface area contributed by atoms with Crippen LogP contribution in [0.2, 0.25) is 0 Å². The van der Waals surface area contributed by atoms with Gasteiger partial charge in [-0.2, -0.15) is 9.78 Å². The van der Waals surface area contributed by atoms with Gasteiger partial charge in [-0.05, 0) is 31.5 Å². The normalized spacial score (nSPS) is 18.4. The molecule has 3 heterocycles. The maximum Gasteiger partial charge on any atom is 0.216 e. The fourth-order valence-corrected chi connectivity index (χ4v) is 5.55. The van der Waals surface area contributed by atoms with Gasteiger partial charge in [0.05, 0.1) is 11.6 Å². The molecule has 2 fully saturated rings. The number of aromatic nitrogens is 3. The van der Waals surface area contributed by atoms with E-state index in [0.717, 1.165) is 59.9 Å². The van der Waals surface area contributed by atoms with Crippen molar-refractivity contribution in [1.82, 2.24) is 19.5 Å². The zero-order valence-corrected chi connectivity index (χ0v) is 18.9. The van der Waals surface area contributed by atoms with E-state index < -0.39 is 0 Å². The second-order valence-corrected chi connectivity index (χ2v) is 9.41. The van der Waals surface area contributed by atoms with Crippen molar-refractivity contribution < 1.29 is 0 Å². The summed E-state index contributed by atoms with van der Waals surface area (Å²) >= 11 is 1.67. The Labute approximate surface area is 187 Å². The Kier molecular flexibility index (Phi) is 5.79. The minimum absolute atomic E-state index is 0.462. The van der Waals surface area contributed by atoms with Crippen LogP contribution in [0.5, 0.6) is 0 Å². The summed E-state index contributed by atoms with van der Waals surface area (Å²) in [4.78, 5) is 10.8. The topological polar surface area (TPSA) is 72.5 Å². The monoisotopic (exact) mass is 435 g/mol. The number of fused-ring (bicyclic) bond motifs is 1. The van der Waals surface area contributed by atoms with Crippen LogP contribution in [0.1, 0.15) is 44.6 Å². The lowest BCUT2D eigenvalue weighted by atomic mass is 9.95. The van der Waals surface area contributed by atoms with Crippen LogP contribution in [-0.2, 0) is 0 Å². The van der Waals surface area contributed by atoms with Crippen LogP contribution in [0.15, 0.2) is 24.3 Å². The first-order valence-electron chi connectivity index (χ1n) is 11.4. The van der Waals surface area contributed by atoms with Gasteiger partial charge in [-0.1, -0.05) is 49.7 Å². The van der Waals surface area contributed by atoms with Gasteiger partial charge >= 0.3 is 0 Å². The molecule has 1 saturated heterocycles. The molecule has 1 saturated carbocycles. The number of anilines is 2. The Balaban J connectivity index is 1.49. The lowest BCUT2D eigenvalue weighted by Gasteiger charge is -2.33. The van der Waals surface area contributed by atoms with Crippen LogP contribution in [0, 0.1) is 11.3 Å². The Hall–Kier alpha value is -2.63. The summed E-state index contributed by atoms with van der Waals surface area (Å²) < 4.78 is 2.01. The Morgan fingerprint density at radius 3 is 2.52 bits per heavy atom. The van der Waals surface area contributed by atoms with Crippen LogP contribution in [-0.4, -0.2) is 58.3 Å². The van der Waals surface area contributed by atoms with Crippen molar-refractivity contribution >= 4 is 27.2 Å². The molecule has 1 aliphatic carbocycles. The van der Waals surface area contributed by atoms with Crippen molar-refractivity contribution in [2.45, 2.75) is 45.1 Å². The largest absolute Gasteiger partial charge is 0.365 e. The molecule has 8 heteroatoms. The molecule has 0 bridgehead atoms. The van der Waals surface area contributed by atoms with E-state index in [1.54, 1.807) is 11.3 Å². The van der Waals surface area contributed by atoms with Gasteiger partial charge in [0.2, 0.25) is 10.1 Å². The first kappa shape index (κ1) is 20.3. The quantitative estimate of drug-likeness (QED) is 0.647. The third kappa shape index (κ3) is 4.12. The molecule has 1 aliphatic heterocycles.